The van der Waals surface area contributed by atoms with Gasteiger partial charge in [0.15, 0.2) is 0 Å². The van der Waals surface area contributed by atoms with Gasteiger partial charge in [-0.2, -0.15) is 13.2 Å². The molecule has 0 aliphatic carbocycles. The quantitative estimate of drug-likeness (QED) is 0.527. The van der Waals surface area contributed by atoms with Gasteiger partial charge in [-0.3, -0.25) is 9.69 Å². The molecule has 0 bridgehead atoms. The molecule has 198 valence electrons. The number of anilines is 1. The number of halogens is 3. The number of nitrogens with one attached hydrogen (secondary N) is 1. The van der Waals surface area contributed by atoms with Crippen LogP contribution in [-0.2, 0) is 4.79 Å². The number of amides is 1. The van der Waals surface area contributed by atoms with Crippen LogP contribution in [0.2, 0.25) is 0 Å². The van der Waals surface area contributed by atoms with Crippen LogP contribution in [0.4, 0.5) is 18.9 Å². The van der Waals surface area contributed by atoms with Gasteiger partial charge >= 0.3 is 6.18 Å². The number of nitrogens with zero attached hydrogens (tertiary/aromatic N) is 4. The van der Waals surface area contributed by atoms with Gasteiger partial charge in [0.1, 0.15) is 10.8 Å². The predicted molar refractivity (Wildman–Crippen MR) is 140 cm³/mol. The first-order chi connectivity index (χ1) is 17.0. The summed E-state index contributed by atoms with van der Waals surface area (Å²) >= 11 is 1.59. The van der Waals surface area contributed by atoms with Crippen molar-refractivity contribution in [2.45, 2.75) is 50.9 Å². The van der Waals surface area contributed by atoms with Crippen LogP contribution in [0.3, 0.4) is 0 Å². The van der Waals surface area contributed by atoms with Gasteiger partial charge in [0.25, 0.3) is 0 Å². The van der Waals surface area contributed by atoms with Gasteiger partial charge in [0.05, 0.1) is 12.2 Å². The molecular formula is C26H36F3N5OS. The summed E-state index contributed by atoms with van der Waals surface area (Å²) in [5.74, 6) is 0.705. The zero-order chi connectivity index (χ0) is 26.5. The zero-order valence-corrected chi connectivity index (χ0v) is 22.5. The van der Waals surface area contributed by atoms with E-state index in [4.69, 9.17) is 0 Å². The first-order valence-corrected chi connectivity index (χ1v) is 13.4. The van der Waals surface area contributed by atoms with E-state index in [0.717, 1.165) is 33.4 Å². The lowest BCUT2D eigenvalue weighted by Gasteiger charge is -2.40. The van der Waals surface area contributed by atoms with E-state index in [0.29, 0.717) is 32.6 Å². The van der Waals surface area contributed by atoms with Crippen LogP contribution in [0, 0.1) is 6.92 Å². The standard InChI is InChI=1S/C26H36F3N5OS/c1-18-6-11-24(35)32(4)23(34-14-12-33(13-15-34)17-26(27,28)29)10-8-21(16-18)20(3)31-22-9-7-19(2)30-25(22)36-5/h6-7,9-10,16,20,31H,8,11-15,17H2,1-5H3/b18-6-,21-16+,23-10+/t20-/m1/s1. The highest BCUT2D eigenvalue weighted by Gasteiger charge is 2.33. The fourth-order valence-electron chi connectivity index (χ4n) is 4.43. The van der Waals surface area contributed by atoms with Crippen molar-refractivity contribution in [3.05, 3.63) is 53.0 Å². The van der Waals surface area contributed by atoms with Crippen molar-refractivity contribution in [3.63, 3.8) is 0 Å². The van der Waals surface area contributed by atoms with Crippen molar-refractivity contribution in [3.8, 4) is 0 Å². The Morgan fingerprint density at radius 1 is 1.11 bits per heavy atom. The van der Waals surface area contributed by atoms with Crippen LogP contribution >= 0.6 is 11.8 Å². The highest BCUT2D eigenvalue weighted by atomic mass is 32.2. The molecule has 1 saturated heterocycles. The van der Waals surface area contributed by atoms with E-state index in [1.165, 1.54) is 4.90 Å². The molecular weight excluding hydrogens is 487 g/mol. The number of aromatic nitrogens is 1. The molecule has 1 fully saturated rings. The van der Waals surface area contributed by atoms with Crippen molar-refractivity contribution in [2.24, 2.45) is 0 Å². The summed E-state index contributed by atoms with van der Waals surface area (Å²) in [7, 11) is 1.74. The van der Waals surface area contributed by atoms with Crippen molar-refractivity contribution < 1.29 is 18.0 Å². The molecule has 3 rings (SSSR count). The van der Waals surface area contributed by atoms with Crippen LogP contribution in [-0.4, -0.2) is 83.8 Å². The van der Waals surface area contributed by atoms with E-state index in [9.17, 15) is 18.0 Å². The Hall–Kier alpha value is -2.46. The van der Waals surface area contributed by atoms with Crippen molar-refractivity contribution in [1.82, 2.24) is 19.7 Å². The molecule has 1 atom stereocenters. The number of piperazine rings is 1. The Labute approximate surface area is 216 Å². The largest absolute Gasteiger partial charge is 0.401 e. The molecule has 0 aromatic carbocycles. The van der Waals surface area contributed by atoms with E-state index < -0.39 is 12.7 Å². The molecule has 2 aliphatic heterocycles. The monoisotopic (exact) mass is 523 g/mol. The smallest absolute Gasteiger partial charge is 0.377 e. The maximum absolute atomic E-state index is 12.8. The molecule has 0 unspecified atom stereocenters. The summed E-state index contributed by atoms with van der Waals surface area (Å²) in [6, 6.07) is 4.03. The molecule has 1 amide bonds. The molecule has 0 saturated carbocycles. The van der Waals surface area contributed by atoms with E-state index in [2.05, 4.69) is 23.3 Å². The molecule has 1 N–H and O–H groups in total. The first-order valence-electron chi connectivity index (χ1n) is 12.1. The minimum Gasteiger partial charge on any atom is -0.377 e. The zero-order valence-electron chi connectivity index (χ0n) is 21.7. The predicted octanol–water partition coefficient (Wildman–Crippen LogP) is 5.06. The first kappa shape index (κ1) is 28.1. The second kappa shape index (κ2) is 12.2. The Morgan fingerprint density at radius 3 is 2.44 bits per heavy atom. The molecule has 10 heteroatoms. The van der Waals surface area contributed by atoms with Crippen LogP contribution in [0.15, 0.2) is 52.4 Å². The van der Waals surface area contributed by atoms with Gasteiger partial charge in [0.2, 0.25) is 5.91 Å². The number of thioether (sulfide) groups is 1. The molecule has 1 aromatic heterocycles. The Bertz CT molecular complexity index is 1030. The molecule has 36 heavy (non-hydrogen) atoms. The summed E-state index contributed by atoms with van der Waals surface area (Å²) in [4.78, 5) is 22.5. The number of carbonyl (C=O) groups excluding carboxylic acids is 1. The van der Waals surface area contributed by atoms with E-state index >= 15 is 0 Å². The van der Waals surface area contributed by atoms with Crippen LogP contribution in [0.5, 0.6) is 0 Å². The molecule has 2 aliphatic rings. The molecule has 6 nitrogen and oxygen atoms in total. The average molecular weight is 524 g/mol. The lowest BCUT2D eigenvalue weighted by Crippen LogP contribution is -2.51. The number of carbonyl (C=O) groups is 1. The Morgan fingerprint density at radius 2 is 1.81 bits per heavy atom. The van der Waals surface area contributed by atoms with E-state index in [1.54, 1.807) is 23.7 Å². The van der Waals surface area contributed by atoms with Crippen LogP contribution in [0.1, 0.15) is 32.4 Å². The third kappa shape index (κ3) is 7.77. The number of pyridine rings is 1. The summed E-state index contributed by atoms with van der Waals surface area (Å²) in [5, 5.41) is 4.53. The minimum absolute atomic E-state index is 0.00493. The second-order valence-corrected chi connectivity index (χ2v) is 10.1. The average Bonchev–Trinajstić information content (AvgIpc) is 2.82. The summed E-state index contributed by atoms with van der Waals surface area (Å²) in [5.41, 5.74) is 4.10. The van der Waals surface area contributed by atoms with Gasteiger partial charge in [-0.05, 0) is 57.2 Å². The number of hydrogen-bond acceptors (Lipinski definition) is 6. The summed E-state index contributed by atoms with van der Waals surface area (Å²) < 4.78 is 38.5. The van der Waals surface area contributed by atoms with Crippen molar-refractivity contribution in [1.29, 1.82) is 0 Å². The Kier molecular flexibility index (Phi) is 9.52. The van der Waals surface area contributed by atoms with Crippen molar-refractivity contribution >= 4 is 23.4 Å². The number of hydrogen-bond donors (Lipinski definition) is 1. The van der Waals surface area contributed by atoms with E-state index in [1.807, 2.05) is 49.3 Å². The molecule has 0 spiro atoms. The number of allylic oxidation sites excluding steroid dienone is 3. The normalized spacial score (nSPS) is 23.8. The molecule has 1 aromatic rings. The van der Waals surface area contributed by atoms with Gasteiger partial charge < -0.3 is 15.1 Å². The lowest BCUT2D eigenvalue weighted by molar-refractivity contribution is -0.149. The third-order valence-electron chi connectivity index (χ3n) is 6.47. The maximum atomic E-state index is 12.8. The highest BCUT2D eigenvalue weighted by Crippen LogP contribution is 2.27. The fourth-order valence-corrected chi connectivity index (χ4v) is 5.01. The molecule has 3 heterocycles. The highest BCUT2D eigenvalue weighted by molar-refractivity contribution is 7.98. The summed E-state index contributed by atoms with van der Waals surface area (Å²) in [6.07, 6.45) is 4.73. The van der Waals surface area contributed by atoms with Gasteiger partial charge in [-0.25, -0.2) is 4.98 Å². The van der Waals surface area contributed by atoms with Crippen molar-refractivity contribution in [2.75, 3.05) is 51.3 Å². The topological polar surface area (TPSA) is 51.7 Å². The number of alkyl halides is 3. The summed E-state index contributed by atoms with van der Waals surface area (Å²) in [6.45, 7) is 6.65. The second-order valence-electron chi connectivity index (χ2n) is 9.34. The van der Waals surface area contributed by atoms with Gasteiger partial charge in [-0.15, -0.1) is 11.8 Å². The van der Waals surface area contributed by atoms with E-state index in [-0.39, 0.29) is 18.4 Å². The number of rotatable bonds is 6. The minimum atomic E-state index is -4.21. The maximum Gasteiger partial charge on any atom is 0.401 e. The lowest BCUT2D eigenvalue weighted by atomic mass is 10.00. The Balaban J connectivity index is 1.82. The van der Waals surface area contributed by atoms with Crippen LogP contribution < -0.4 is 5.32 Å². The van der Waals surface area contributed by atoms with Gasteiger partial charge in [-0.1, -0.05) is 17.7 Å². The third-order valence-corrected chi connectivity index (χ3v) is 7.17. The van der Waals surface area contributed by atoms with Crippen LogP contribution in [0.25, 0.3) is 0 Å². The number of aryl methyl sites for hydroxylation is 1. The SMILES string of the molecule is CSc1nc(C)ccc1N[C@H](C)/C1=C/C(C)=C\CC(=O)N(C)/C(N2CCN(CC(F)(F)F)CC2)=C\C1. The molecule has 0 radical (unpaired) electrons. The fraction of sp³-hybridized carbons (Fsp3) is 0.538. The van der Waals surface area contributed by atoms with Gasteiger partial charge in [0, 0.05) is 51.4 Å².